The minimum Gasteiger partial charge on any atom is -0.467 e. The van der Waals surface area contributed by atoms with Gasteiger partial charge in [0.1, 0.15) is 12.3 Å². The highest BCUT2D eigenvalue weighted by Gasteiger charge is 2.27. The predicted octanol–water partition coefficient (Wildman–Crippen LogP) is 4.35. The second-order valence-corrected chi connectivity index (χ2v) is 9.51. The number of aryl methyl sites for hydroxylation is 1. The lowest BCUT2D eigenvalue weighted by atomic mass is 10.1. The van der Waals surface area contributed by atoms with E-state index >= 15 is 0 Å². The Kier molecular flexibility index (Phi) is 6.38. The van der Waals surface area contributed by atoms with E-state index in [1.807, 2.05) is 61.5 Å². The van der Waals surface area contributed by atoms with E-state index in [1.54, 1.807) is 10.9 Å². The largest absolute Gasteiger partial charge is 0.467 e. The van der Waals surface area contributed by atoms with E-state index in [0.29, 0.717) is 31.0 Å². The lowest BCUT2D eigenvalue weighted by Crippen LogP contribution is -2.32. The lowest BCUT2D eigenvalue weighted by molar-refractivity contribution is 0.160. The summed E-state index contributed by atoms with van der Waals surface area (Å²) in [6, 6.07) is 17.5. The SMILES string of the molecule is CC[C@@H](c1nnnn1Cc1ccco1)N(Cc1ccc2c(c1)OCO2)Cc1cc2ccc(C)cc2[nH]c1=O. The molecular formula is C28H28N6O4. The molecule has 0 spiro atoms. The molecule has 3 aromatic heterocycles. The molecule has 0 unspecified atom stereocenters. The fourth-order valence-corrected chi connectivity index (χ4v) is 4.96. The zero-order valence-electron chi connectivity index (χ0n) is 21.3. The summed E-state index contributed by atoms with van der Waals surface area (Å²) in [6.45, 7) is 5.69. The summed E-state index contributed by atoms with van der Waals surface area (Å²) >= 11 is 0. The average Bonchev–Trinajstić information content (AvgIpc) is 3.68. The molecule has 0 amide bonds. The molecule has 6 rings (SSSR count). The van der Waals surface area contributed by atoms with Crippen LogP contribution >= 0.6 is 0 Å². The molecule has 1 aliphatic heterocycles. The van der Waals surface area contributed by atoms with Crippen LogP contribution in [0.1, 0.15) is 47.7 Å². The standard InChI is InChI=1S/C28H28N6O4/c1-3-24(27-30-31-32-34(27)16-22-5-4-10-36-22)33(14-19-7-9-25-26(12-19)38-17-37-25)15-21-13-20-8-6-18(2)11-23(20)29-28(21)35/h4-13,24H,3,14-17H2,1-2H3,(H,29,35)/t24-/m0/s1. The molecule has 1 N–H and O–H groups in total. The minimum absolute atomic E-state index is 0.108. The quantitative estimate of drug-likeness (QED) is 0.310. The Hall–Kier alpha value is -4.44. The number of benzene rings is 2. The van der Waals surface area contributed by atoms with Gasteiger partial charge in [0.2, 0.25) is 6.79 Å². The van der Waals surface area contributed by atoms with Gasteiger partial charge in [0.15, 0.2) is 17.3 Å². The highest BCUT2D eigenvalue weighted by molar-refractivity contribution is 5.79. The van der Waals surface area contributed by atoms with E-state index in [1.165, 1.54) is 0 Å². The Morgan fingerprint density at radius 3 is 2.82 bits per heavy atom. The van der Waals surface area contributed by atoms with E-state index in [-0.39, 0.29) is 18.4 Å². The third kappa shape index (κ3) is 4.78. The number of nitrogens with zero attached hydrogens (tertiary/aromatic N) is 5. The van der Waals surface area contributed by atoms with Gasteiger partial charge in [-0.3, -0.25) is 9.69 Å². The van der Waals surface area contributed by atoms with Gasteiger partial charge in [0, 0.05) is 24.2 Å². The summed E-state index contributed by atoms with van der Waals surface area (Å²) in [6.07, 6.45) is 2.36. The fourth-order valence-electron chi connectivity index (χ4n) is 4.96. The molecule has 10 heteroatoms. The maximum absolute atomic E-state index is 13.2. The molecule has 1 atom stereocenters. The van der Waals surface area contributed by atoms with Gasteiger partial charge in [0.25, 0.3) is 5.56 Å². The number of pyridine rings is 1. The van der Waals surface area contributed by atoms with Crippen molar-refractivity contribution >= 4 is 10.9 Å². The molecule has 0 fully saturated rings. The number of fused-ring (bicyclic) bond motifs is 2. The number of nitrogens with one attached hydrogen (secondary N) is 1. The van der Waals surface area contributed by atoms with Crippen LogP contribution in [-0.4, -0.2) is 36.9 Å². The number of H-pyrrole nitrogens is 1. The highest BCUT2D eigenvalue weighted by atomic mass is 16.7. The molecule has 0 saturated heterocycles. The second kappa shape index (κ2) is 10.1. The van der Waals surface area contributed by atoms with Gasteiger partial charge in [-0.2, -0.15) is 0 Å². The third-order valence-electron chi connectivity index (χ3n) is 6.85. The van der Waals surface area contributed by atoms with Gasteiger partial charge in [-0.1, -0.05) is 25.1 Å². The van der Waals surface area contributed by atoms with Crippen molar-refractivity contribution in [2.24, 2.45) is 0 Å². The van der Waals surface area contributed by atoms with E-state index in [2.05, 4.69) is 32.3 Å². The van der Waals surface area contributed by atoms with Gasteiger partial charge in [-0.15, -0.1) is 5.10 Å². The van der Waals surface area contributed by atoms with Crippen LogP contribution in [0.3, 0.4) is 0 Å². The number of hydrogen-bond donors (Lipinski definition) is 1. The number of rotatable bonds is 9. The fraction of sp³-hybridized carbons (Fsp3) is 0.286. The maximum atomic E-state index is 13.2. The van der Waals surface area contributed by atoms with Crippen molar-refractivity contribution < 1.29 is 13.9 Å². The van der Waals surface area contributed by atoms with Crippen molar-refractivity contribution in [3.63, 3.8) is 0 Å². The molecule has 0 saturated carbocycles. The maximum Gasteiger partial charge on any atom is 0.252 e. The first-order valence-electron chi connectivity index (χ1n) is 12.6. The van der Waals surface area contributed by atoms with Gasteiger partial charge in [-0.25, -0.2) is 4.68 Å². The van der Waals surface area contributed by atoms with Crippen LogP contribution in [0.15, 0.2) is 70.1 Å². The first-order valence-corrected chi connectivity index (χ1v) is 12.6. The number of hydrogen-bond acceptors (Lipinski definition) is 8. The average molecular weight is 513 g/mol. The zero-order valence-corrected chi connectivity index (χ0v) is 21.3. The van der Waals surface area contributed by atoms with Gasteiger partial charge < -0.3 is 18.9 Å². The highest BCUT2D eigenvalue weighted by Crippen LogP contribution is 2.34. The summed E-state index contributed by atoms with van der Waals surface area (Å²) in [5, 5.41) is 13.6. The number of tetrazole rings is 1. The Morgan fingerprint density at radius 2 is 1.97 bits per heavy atom. The number of aromatic amines is 1. The van der Waals surface area contributed by atoms with Crippen molar-refractivity contribution in [1.29, 1.82) is 0 Å². The van der Waals surface area contributed by atoms with Crippen molar-refractivity contribution in [3.05, 3.63) is 99.5 Å². The zero-order chi connectivity index (χ0) is 26.1. The van der Waals surface area contributed by atoms with Gasteiger partial charge >= 0.3 is 0 Å². The first kappa shape index (κ1) is 23.9. The minimum atomic E-state index is -0.168. The summed E-state index contributed by atoms with van der Waals surface area (Å²) in [4.78, 5) is 18.5. The molecule has 5 aromatic rings. The Balaban J connectivity index is 1.37. The molecule has 10 nitrogen and oxygen atoms in total. The predicted molar refractivity (Wildman–Crippen MR) is 140 cm³/mol. The molecule has 194 valence electrons. The first-order chi connectivity index (χ1) is 18.6. The van der Waals surface area contributed by atoms with Crippen molar-refractivity contribution in [1.82, 2.24) is 30.1 Å². The van der Waals surface area contributed by atoms with E-state index in [9.17, 15) is 4.79 Å². The Morgan fingerprint density at radius 1 is 1.08 bits per heavy atom. The summed E-state index contributed by atoms with van der Waals surface area (Å²) < 4.78 is 18.4. The van der Waals surface area contributed by atoms with Crippen LogP contribution < -0.4 is 15.0 Å². The van der Waals surface area contributed by atoms with Gasteiger partial charge in [-0.05, 0) is 76.7 Å². The molecular weight excluding hydrogens is 484 g/mol. The van der Waals surface area contributed by atoms with Crippen LogP contribution in [-0.2, 0) is 19.6 Å². The van der Waals surface area contributed by atoms with Crippen LogP contribution in [0.5, 0.6) is 11.5 Å². The summed E-state index contributed by atoms with van der Waals surface area (Å²) in [7, 11) is 0. The van der Waals surface area contributed by atoms with Crippen molar-refractivity contribution in [2.45, 2.75) is 45.9 Å². The molecule has 0 aliphatic carbocycles. The third-order valence-corrected chi connectivity index (χ3v) is 6.85. The van der Waals surface area contributed by atoms with E-state index in [0.717, 1.165) is 45.7 Å². The second-order valence-electron chi connectivity index (χ2n) is 9.51. The topological polar surface area (TPSA) is 111 Å². The molecule has 0 radical (unpaired) electrons. The summed E-state index contributed by atoms with van der Waals surface area (Å²) in [5.74, 6) is 2.92. The number of ether oxygens (including phenoxy) is 2. The van der Waals surface area contributed by atoms with E-state index < -0.39 is 0 Å². The molecule has 4 heterocycles. The summed E-state index contributed by atoms with van der Waals surface area (Å²) in [5.41, 5.74) is 3.52. The van der Waals surface area contributed by atoms with Crippen molar-refractivity contribution in [3.8, 4) is 11.5 Å². The van der Waals surface area contributed by atoms with Gasteiger partial charge in [0.05, 0.1) is 12.3 Å². The monoisotopic (exact) mass is 512 g/mol. The molecule has 0 bridgehead atoms. The van der Waals surface area contributed by atoms with Crippen LogP contribution in [0.4, 0.5) is 0 Å². The van der Waals surface area contributed by atoms with E-state index in [4.69, 9.17) is 13.9 Å². The Labute approximate surface area is 218 Å². The van der Waals surface area contributed by atoms with Crippen molar-refractivity contribution in [2.75, 3.05) is 6.79 Å². The van der Waals surface area contributed by atoms with Crippen LogP contribution in [0, 0.1) is 6.92 Å². The molecule has 1 aliphatic rings. The number of furan rings is 1. The smallest absolute Gasteiger partial charge is 0.252 e. The normalized spacial score (nSPS) is 13.4. The van der Waals surface area contributed by atoms with Crippen LogP contribution in [0.2, 0.25) is 0 Å². The Bertz CT molecular complexity index is 1620. The molecule has 2 aromatic carbocycles. The molecule has 38 heavy (non-hydrogen) atoms. The number of aromatic nitrogens is 5. The lowest BCUT2D eigenvalue weighted by Gasteiger charge is -2.30. The van der Waals surface area contributed by atoms with Crippen LogP contribution in [0.25, 0.3) is 10.9 Å².